The highest BCUT2D eigenvalue weighted by atomic mass is 16.5. The molecule has 0 spiro atoms. The van der Waals surface area contributed by atoms with Gasteiger partial charge in [-0.15, -0.1) is 0 Å². The molecular formula is C67H108N16O23. The number of carbonyl (C=O) groups is 16. The molecular weight excluding hydrogens is 1400 g/mol. The number of nitrogens with one attached hydrogen (secondary N) is 9. The third-order valence-electron chi connectivity index (χ3n) is 17.4. The van der Waals surface area contributed by atoms with Crippen molar-refractivity contribution in [1.82, 2.24) is 57.7 Å². The number of carbonyl (C=O) groups excluding carboxylic acids is 16. The Morgan fingerprint density at radius 3 is 1.76 bits per heavy atom. The Balaban J connectivity index is 2.91. The number of benzene rings is 1. The minimum atomic E-state index is -2.55. The number of aliphatic hydroxyl groups is 3. The maximum Gasteiger partial charge on any atom is 0.328 e. The molecule has 39 nitrogen and oxygen atoms in total. The van der Waals surface area contributed by atoms with Crippen molar-refractivity contribution in [2.24, 2.45) is 58.3 Å². The van der Waals surface area contributed by atoms with Gasteiger partial charge in [-0.25, -0.2) is 4.79 Å². The molecule has 2 rings (SSSR count). The molecule has 1 aliphatic heterocycles. The maximum atomic E-state index is 15.1. The highest BCUT2D eigenvalue weighted by Crippen LogP contribution is 2.27. The lowest BCUT2D eigenvalue weighted by Crippen LogP contribution is -2.66. The summed E-state index contributed by atoms with van der Waals surface area (Å²) in [6, 6.07) is -15.9. The number of amides is 15. The summed E-state index contributed by atoms with van der Waals surface area (Å²) in [6.07, 6.45) is -8.90. The molecule has 2 unspecified atom stereocenters. The zero-order valence-electron chi connectivity index (χ0n) is 62.1. The van der Waals surface area contributed by atoms with Gasteiger partial charge in [0.25, 0.3) is 0 Å². The van der Waals surface area contributed by atoms with Crippen LogP contribution in [-0.4, -0.2) is 257 Å². The first-order valence-corrected chi connectivity index (χ1v) is 34.2. The Bertz CT molecular complexity index is 3300. The standard InChI is InChI=1S/C67H108N16O23/c1-29(2)23-31(5)15-18-39(85)25-46(89)76-52(54(91)57(72)93)64(100)80-51(43(86)26-45(70)88)63(99)78-49(34(8)68)61(97)77-48(32(6)33(7)56(71)92)60(96)79-50-36(10)106-67(103)35(9)82(11)66(102)53(55(105-14)37-16-19-38(84)20-17-37)81-59(95)42(21-22-44(69)87)83(12)65(101)40(24-30(3)4)74-47(90)27-73-58(94)41(28-104-13)75-62(50)98/h15-20,29-36,39-43,48-55,84-86,91H,21-28,68H2,1-14H3,(H2,69,87)(H2,70,88)(H2,71,92)(H2,72,93)(H,73,94)(H,74,90)(H,75,98)(H,76,89)(H,77,97)(H,78,99)(H,79,96)(H,80,100)(H,81,95)/b18-15-/t31?,32-,33+,34-,35-,36+,39?,40-,41+,42-,43+,48-,49-,50+,51+,52+,53+,54-,55+/m0/s1. The number of likely N-dealkylation sites (N-methyl/N-ethyl adjacent to an activating group) is 2. The van der Waals surface area contributed by atoms with Gasteiger partial charge in [-0.3, -0.25) is 71.9 Å². The van der Waals surface area contributed by atoms with Crippen molar-refractivity contribution in [2.75, 3.05) is 41.5 Å². The van der Waals surface area contributed by atoms with Gasteiger partial charge in [0.15, 0.2) is 6.10 Å². The van der Waals surface area contributed by atoms with E-state index in [4.69, 9.17) is 42.9 Å². The van der Waals surface area contributed by atoms with Crippen LogP contribution in [0.1, 0.15) is 119 Å². The number of esters is 1. The van der Waals surface area contributed by atoms with Gasteiger partial charge in [-0.1, -0.05) is 72.8 Å². The summed E-state index contributed by atoms with van der Waals surface area (Å²) in [5.74, 6) is -22.9. The number of primary amides is 4. The zero-order chi connectivity index (χ0) is 81.1. The van der Waals surface area contributed by atoms with Gasteiger partial charge in [0.05, 0.1) is 38.2 Å². The summed E-state index contributed by atoms with van der Waals surface area (Å²) < 4.78 is 16.8. The number of methoxy groups -OCH3 is 2. The lowest BCUT2D eigenvalue weighted by atomic mass is 9.87. The van der Waals surface area contributed by atoms with Crippen LogP contribution in [-0.2, 0) is 90.9 Å². The van der Waals surface area contributed by atoms with Crippen LogP contribution in [0.2, 0.25) is 0 Å². The Hall–Kier alpha value is -9.96. The summed E-state index contributed by atoms with van der Waals surface area (Å²) in [6.45, 7) is 13.5. The quantitative estimate of drug-likeness (QED) is 0.0225. The first kappa shape index (κ1) is 92.1. The minimum Gasteiger partial charge on any atom is -0.508 e. The topological polar surface area (TPSA) is 627 Å². The normalized spacial score (nSPS) is 22.6. The Labute approximate surface area is 613 Å². The molecule has 0 bridgehead atoms. The molecule has 1 aromatic carbocycles. The second-order valence-electron chi connectivity index (χ2n) is 27.2. The number of ether oxygens (including phenoxy) is 3. The highest BCUT2D eigenvalue weighted by molar-refractivity contribution is 6.01. The van der Waals surface area contributed by atoms with Crippen LogP contribution in [0.25, 0.3) is 0 Å². The Morgan fingerprint density at radius 1 is 0.660 bits per heavy atom. The lowest BCUT2D eigenvalue weighted by molar-refractivity contribution is -0.161. The van der Waals surface area contributed by atoms with E-state index in [0.717, 1.165) is 58.3 Å². The molecule has 1 saturated heterocycles. The van der Waals surface area contributed by atoms with Gasteiger partial charge in [0, 0.05) is 46.7 Å². The fourth-order valence-electron chi connectivity index (χ4n) is 11.1. The number of aliphatic hydroxyl groups excluding tert-OH is 3. The smallest absolute Gasteiger partial charge is 0.328 e. The van der Waals surface area contributed by atoms with Crippen molar-refractivity contribution in [3.63, 3.8) is 0 Å². The molecule has 39 heteroatoms. The van der Waals surface area contributed by atoms with E-state index in [0.29, 0.717) is 0 Å². The van der Waals surface area contributed by atoms with E-state index in [2.05, 4.69) is 37.2 Å². The van der Waals surface area contributed by atoms with Crippen molar-refractivity contribution in [1.29, 1.82) is 0 Å². The van der Waals surface area contributed by atoms with Crippen LogP contribution in [0, 0.1) is 29.6 Å². The number of allylic oxidation sites excluding steroid dienone is 1. The molecule has 19 atom stereocenters. The molecule has 594 valence electrons. The highest BCUT2D eigenvalue weighted by Gasteiger charge is 2.45. The van der Waals surface area contributed by atoms with E-state index in [1.165, 1.54) is 51.2 Å². The molecule has 1 heterocycles. The molecule has 1 fully saturated rings. The first-order chi connectivity index (χ1) is 49.3. The van der Waals surface area contributed by atoms with Crippen LogP contribution in [0.3, 0.4) is 0 Å². The number of nitrogens with zero attached hydrogens (tertiary/aromatic N) is 2. The number of phenolic OH excluding ortho intramolecular Hbond substituents is 1. The van der Waals surface area contributed by atoms with Crippen LogP contribution in [0.5, 0.6) is 5.75 Å². The van der Waals surface area contributed by atoms with Crippen molar-refractivity contribution in [3.8, 4) is 5.75 Å². The third kappa shape index (κ3) is 28.8. The fraction of sp³-hybridized carbons (Fsp3) is 0.642. The van der Waals surface area contributed by atoms with Crippen molar-refractivity contribution < 1.29 is 111 Å². The predicted octanol–water partition coefficient (Wildman–Crippen LogP) is -7.17. The second kappa shape index (κ2) is 43.5. The predicted molar refractivity (Wildman–Crippen MR) is 375 cm³/mol. The Kier molecular flexibility index (Phi) is 37.8. The lowest BCUT2D eigenvalue weighted by Gasteiger charge is -2.36. The van der Waals surface area contributed by atoms with Gasteiger partial charge >= 0.3 is 5.97 Å². The summed E-state index contributed by atoms with van der Waals surface area (Å²) in [4.78, 5) is 224. The fourth-order valence-corrected chi connectivity index (χ4v) is 11.1. The first-order valence-electron chi connectivity index (χ1n) is 34.2. The average Bonchev–Trinajstić information content (AvgIpc) is 0.826. The van der Waals surface area contributed by atoms with Crippen molar-refractivity contribution in [2.45, 2.75) is 205 Å². The van der Waals surface area contributed by atoms with Crippen LogP contribution < -0.4 is 76.5 Å². The number of nitrogens with two attached hydrogens (primary N) is 5. The number of phenols is 1. The van der Waals surface area contributed by atoms with Gasteiger partial charge in [0.1, 0.15) is 78.4 Å². The number of rotatable bonds is 34. The Morgan fingerprint density at radius 2 is 1.24 bits per heavy atom. The zero-order valence-corrected chi connectivity index (χ0v) is 62.1. The molecule has 1 aromatic rings. The van der Waals surface area contributed by atoms with Gasteiger partial charge < -0.3 is 121 Å². The number of cyclic esters (lactones) is 1. The molecule has 0 aromatic heterocycles. The van der Waals surface area contributed by atoms with E-state index in [-0.39, 0.29) is 35.5 Å². The second-order valence-corrected chi connectivity index (χ2v) is 27.2. The molecule has 23 N–H and O–H groups in total. The summed E-state index contributed by atoms with van der Waals surface area (Å²) in [5, 5.41) is 63.4. The van der Waals surface area contributed by atoms with E-state index in [1.807, 2.05) is 31.4 Å². The third-order valence-corrected chi connectivity index (χ3v) is 17.4. The van der Waals surface area contributed by atoms with E-state index >= 15 is 9.59 Å². The van der Waals surface area contributed by atoms with Crippen molar-refractivity contribution >= 4 is 94.6 Å². The molecule has 0 radical (unpaired) electrons. The molecule has 1 aliphatic rings. The van der Waals surface area contributed by atoms with Crippen LogP contribution in [0.15, 0.2) is 36.4 Å². The minimum absolute atomic E-state index is 0.0315. The molecule has 15 amide bonds. The van der Waals surface area contributed by atoms with Crippen molar-refractivity contribution in [3.05, 3.63) is 42.0 Å². The summed E-state index contributed by atoms with van der Waals surface area (Å²) >= 11 is 0. The van der Waals surface area contributed by atoms with Gasteiger partial charge in [-0.2, -0.15) is 0 Å². The SMILES string of the molecule is COC[C@H]1NC(=O)[C@H](NC(=O)[C@@H](NC(=O)[C@@H](NC(=O)[C@H](NC(=O)[C@H](NC(=O)CC(O)/C=C\C(C)CC(C)C)[C@H](O)C(N)=O)[C@H](O)CC(N)=O)[C@H](C)N)[C@@H](C)[C@@H](C)C(N)=O)[C@@H](C)OC(=O)[C@H](C)N(C)C(=O)[C@@H]([C@H](OC)c2ccc(O)cc2)NC(=O)[C@H](CCC(N)=O)N(C)C(=O)[C@H](CC(C)C)NC(=O)CNC1=O. The average molecular weight is 1510 g/mol. The number of hydrogen-bond donors (Lipinski definition) is 18. The monoisotopic (exact) mass is 1500 g/mol. The number of hydrogen-bond acceptors (Lipinski definition) is 24. The summed E-state index contributed by atoms with van der Waals surface area (Å²) in [5.41, 5.74) is 28.3. The van der Waals surface area contributed by atoms with Crippen LogP contribution >= 0.6 is 0 Å². The largest absolute Gasteiger partial charge is 0.508 e. The molecule has 106 heavy (non-hydrogen) atoms. The van der Waals surface area contributed by atoms with Crippen LogP contribution in [0.4, 0.5) is 0 Å². The molecule has 0 aliphatic carbocycles. The maximum absolute atomic E-state index is 15.1. The van der Waals surface area contributed by atoms with E-state index < -0.39 is 242 Å². The summed E-state index contributed by atoms with van der Waals surface area (Å²) in [7, 11) is 4.57. The van der Waals surface area contributed by atoms with E-state index in [9.17, 15) is 87.5 Å². The van der Waals surface area contributed by atoms with Gasteiger partial charge in [0.2, 0.25) is 88.6 Å². The number of aromatic hydroxyl groups is 1. The van der Waals surface area contributed by atoms with Gasteiger partial charge in [-0.05, 0) is 81.4 Å². The molecule has 0 saturated carbocycles. The van der Waals surface area contributed by atoms with E-state index in [1.54, 1.807) is 19.9 Å².